The Bertz CT molecular complexity index is 760. The summed E-state index contributed by atoms with van der Waals surface area (Å²) in [6.07, 6.45) is 1.38. The first kappa shape index (κ1) is 15.5. The molecular formula is C17H22N4O2. The molecular weight excluding hydrogens is 292 g/mol. The lowest BCUT2D eigenvalue weighted by Crippen LogP contribution is -2.38. The Kier molecular flexibility index (Phi) is 4.32. The highest BCUT2D eigenvalue weighted by Gasteiger charge is 2.26. The Labute approximate surface area is 134 Å². The second-order valence-corrected chi connectivity index (χ2v) is 6.41. The van der Waals surface area contributed by atoms with Crippen LogP contribution in [0.2, 0.25) is 0 Å². The standard InChI is InChI=1S/C17H22N4O2/c1-11(2)13-5-3-4-12(8-13)9-18-16(22)14-6-7-15-19-20-17(23)21(15)10-14/h3-5,8,11,14H,6-7,9-10H2,1-2H3,(H,18,22)(H,20,23). The number of aromatic amines is 1. The number of fused-ring (bicyclic) bond motifs is 1. The van der Waals surface area contributed by atoms with Gasteiger partial charge in [-0.1, -0.05) is 38.1 Å². The molecule has 0 fully saturated rings. The zero-order valence-electron chi connectivity index (χ0n) is 13.5. The van der Waals surface area contributed by atoms with Gasteiger partial charge in [0.25, 0.3) is 0 Å². The van der Waals surface area contributed by atoms with Crippen molar-refractivity contribution in [1.82, 2.24) is 20.1 Å². The number of benzene rings is 1. The minimum absolute atomic E-state index is 0.00120. The lowest BCUT2D eigenvalue weighted by Gasteiger charge is -2.21. The molecule has 3 rings (SSSR count). The van der Waals surface area contributed by atoms with Crippen LogP contribution < -0.4 is 11.0 Å². The predicted octanol–water partition coefficient (Wildman–Crippen LogP) is 1.57. The summed E-state index contributed by atoms with van der Waals surface area (Å²) in [5, 5.41) is 9.39. The van der Waals surface area contributed by atoms with Gasteiger partial charge >= 0.3 is 5.69 Å². The highest BCUT2D eigenvalue weighted by atomic mass is 16.2. The van der Waals surface area contributed by atoms with Crippen molar-refractivity contribution in [2.24, 2.45) is 5.92 Å². The molecule has 23 heavy (non-hydrogen) atoms. The Morgan fingerprint density at radius 1 is 1.48 bits per heavy atom. The summed E-state index contributed by atoms with van der Waals surface area (Å²) in [5.41, 5.74) is 2.13. The summed E-state index contributed by atoms with van der Waals surface area (Å²) in [6.45, 7) is 5.23. The number of aryl methyl sites for hydroxylation is 1. The summed E-state index contributed by atoms with van der Waals surface area (Å²) in [4.78, 5) is 24.0. The fraction of sp³-hybridized carbons (Fsp3) is 0.471. The zero-order valence-corrected chi connectivity index (χ0v) is 13.5. The van der Waals surface area contributed by atoms with E-state index >= 15 is 0 Å². The van der Waals surface area contributed by atoms with Gasteiger partial charge in [0.2, 0.25) is 5.91 Å². The third-order valence-electron chi connectivity index (χ3n) is 4.41. The van der Waals surface area contributed by atoms with Gasteiger partial charge in [-0.3, -0.25) is 9.36 Å². The molecule has 2 aromatic rings. The average molecular weight is 314 g/mol. The van der Waals surface area contributed by atoms with Gasteiger partial charge in [0.15, 0.2) is 0 Å². The van der Waals surface area contributed by atoms with E-state index in [-0.39, 0.29) is 17.5 Å². The van der Waals surface area contributed by atoms with Crippen LogP contribution in [0.3, 0.4) is 0 Å². The van der Waals surface area contributed by atoms with Gasteiger partial charge in [-0.15, -0.1) is 0 Å². The van der Waals surface area contributed by atoms with Crippen LogP contribution in [0.1, 0.15) is 43.1 Å². The van der Waals surface area contributed by atoms with Gasteiger partial charge in [0, 0.05) is 19.5 Å². The molecule has 0 spiro atoms. The number of hydrogen-bond acceptors (Lipinski definition) is 3. The first-order valence-corrected chi connectivity index (χ1v) is 8.05. The first-order valence-electron chi connectivity index (χ1n) is 8.05. The molecule has 0 saturated carbocycles. The van der Waals surface area contributed by atoms with Crippen molar-refractivity contribution in [3.05, 3.63) is 51.7 Å². The molecule has 2 heterocycles. The minimum atomic E-state index is -0.234. The third kappa shape index (κ3) is 3.36. The largest absolute Gasteiger partial charge is 0.352 e. The number of aromatic nitrogens is 3. The third-order valence-corrected chi connectivity index (χ3v) is 4.41. The maximum Gasteiger partial charge on any atom is 0.343 e. The van der Waals surface area contributed by atoms with Crippen LogP contribution in [0.15, 0.2) is 29.1 Å². The van der Waals surface area contributed by atoms with Crippen LogP contribution in [0, 0.1) is 5.92 Å². The number of carbonyl (C=O) groups is 1. The van der Waals surface area contributed by atoms with E-state index in [0.29, 0.717) is 25.4 Å². The van der Waals surface area contributed by atoms with E-state index in [1.807, 2.05) is 12.1 Å². The van der Waals surface area contributed by atoms with E-state index < -0.39 is 0 Å². The number of rotatable bonds is 4. The molecule has 2 N–H and O–H groups in total. The van der Waals surface area contributed by atoms with Crippen molar-refractivity contribution in [2.45, 2.75) is 45.7 Å². The number of H-pyrrole nitrogens is 1. The summed E-state index contributed by atoms with van der Waals surface area (Å²) in [7, 11) is 0. The van der Waals surface area contributed by atoms with Crippen molar-refractivity contribution < 1.29 is 4.79 Å². The van der Waals surface area contributed by atoms with Crippen molar-refractivity contribution >= 4 is 5.91 Å². The number of nitrogens with zero attached hydrogens (tertiary/aromatic N) is 2. The van der Waals surface area contributed by atoms with Gasteiger partial charge in [-0.25, -0.2) is 9.89 Å². The van der Waals surface area contributed by atoms with Gasteiger partial charge < -0.3 is 5.32 Å². The summed E-state index contributed by atoms with van der Waals surface area (Å²) in [5.74, 6) is 1.03. The van der Waals surface area contributed by atoms with Crippen LogP contribution in [0.5, 0.6) is 0 Å². The molecule has 6 heteroatoms. The molecule has 1 aliphatic rings. The maximum absolute atomic E-state index is 12.4. The molecule has 1 amide bonds. The van der Waals surface area contributed by atoms with E-state index in [1.165, 1.54) is 5.56 Å². The Balaban J connectivity index is 1.61. The molecule has 122 valence electrons. The van der Waals surface area contributed by atoms with E-state index in [4.69, 9.17) is 0 Å². The van der Waals surface area contributed by atoms with Crippen LogP contribution in [0.25, 0.3) is 0 Å². The molecule has 0 aliphatic carbocycles. The molecule has 1 unspecified atom stereocenters. The molecule has 1 atom stereocenters. The number of hydrogen-bond donors (Lipinski definition) is 2. The second-order valence-electron chi connectivity index (χ2n) is 6.41. The van der Waals surface area contributed by atoms with Crippen LogP contribution in [-0.2, 0) is 24.3 Å². The van der Waals surface area contributed by atoms with Crippen LogP contribution in [0.4, 0.5) is 0 Å². The lowest BCUT2D eigenvalue weighted by molar-refractivity contribution is -0.126. The van der Waals surface area contributed by atoms with E-state index in [2.05, 4.69) is 41.5 Å². The SMILES string of the molecule is CC(C)c1cccc(CNC(=O)C2CCc3n[nH]c(=O)n3C2)c1. The Morgan fingerprint density at radius 3 is 3.09 bits per heavy atom. The van der Waals surface area contributed by atoms with Crippen molar-refractivity contribution in [3.8, 4) is 0 Å². The zero-order chi connectivity index (χ0) is 16.4. The lowest BCUT2D eigenvalue weighted by atomic mass is 9.98. The molecule has 6 nitrogen and oxygen atoms in total. The Hall–Kier alpha value is -2.37. The normalized spacial score (nSPS) is 17.1. The Morgan fingerprint density at radius 2 is 2.30 bits per heavy atom. The fourth-order valence-corrected chi connectivity index (χ4v) is 2.95. The van der Waals surface area contributed by atoms with E-state index in [9.17, 15) is 9.59 Å². The van der Waals surface area contributed by atoms with Gasteiger partial charge in [-0.2, -0.15) is 5.10 Å². The summed E-state index contributed by atoms with van der Waals surface area (Å²) < 4.78 is 1.56. The topological polar surface area (TPSA) is 79.8 Å². The fourth-order valence-electron chi connectivity index (χ4n) is 2.95. The average Bonchev–Trinajstić information content (AvgIpc) is 2.93. The smallest absolute Gasteiger partial charge is 0.343 e. The molecule has 1 aromatic carbocycles. The monoisotopic (exact) mass is 314 g/mol. The quantitative estimate of drug-likeness (QED) is 0.899. The van der Waals surface area contributed by atoms with Crippen molar-refractivity contribution in [2.75, 3.05) is 0 Å². The summed E-state index contributed by atoms with van der Waals surface area (Å²) >= 11 is 0. The van der Waals surface area contributed by atoms with E-state index in [0.717, 1.165) is 17.8 Å². The molecule has 1 aromatic heterocycles. The van der Waals surface area contributed by atoms with Gasteiger partial charge in [0.05, 0.1) is 5.92 Å². The van der Waals surface area contributed by atoms with Crippen LogP contribution >= 0.6 is 0 Å². The second kappa shape index (κ2) is 6.40. The summed E-state index contributed by atoms with van der Waals surface area (Å²) in [6, 6.07) is 8.27. The molecule has 0 saturated heterocycles. The minimum Gasteiger partial charge on any atom is -0.352 e. The first-order chi connectivity index (χ1) is 11.0. The number of carbonyl (C=O) groups excluding carboxylic acids is 1. The van der Waals surface area contributed by atoms with E-state index in [1.54, 1.807) is 4.57 Å². The predicted molar refractivity (Wildman–Crippen MR) is 87.0 cm³/mol. The van der Waals surface area contributed by atoms with Crippen LogP contribution in [-0.4, -0.2) is 20.7 Å². The van der Waals surface area contributed by atoms with Gasteiger partial charge in [0.1, 0.15) is 5.82 Å². The van der Waals surface area contributed by atoms with Crippen molar-refractivity contribution in [3.63, 3.8) is 0 Å². The number of nitrogens with one attached hydrogen (secondary N) is 2. The van der Waals surface area contributed by atoms with Crippen molar-refractivity contribution in [1.29, 1.82) is 0 Å². The number of amides is 1. The molecule has 0 bridgehead atoms. The van der Waals surface area contributed by atoms with Gasteiger partial charge in [-0.05, 0) is 23.5 Å². The highest BCUT2D eigenvalue weighted by Crippen LogP contribution is 2.18. The molecule has 0 radical (unpaired) electrons. The maximum atomic E-state index is 12.4. The highest BCUT2D eigenvalue weighted by molar-refractivity contribution is 5.78. The molecule has 1 aliphatic heterocycles.